The lowest BCUT2D eigenvalue weighted by atomic mass is 9.84. The number of rotatable bonds is 6. The van der Waals surface area contributed by atoms with Crippen molar-refractivity contribution in [3.8, 4) is 0 Å². The van der Waals surface area contributed by atoms with Gasteiger partial charge in [0.2, 0.25) is 0 Å². The van der Waals surface area contributed by atoms with Crippen molar-refractivity contribution >= 4 is 17.3 Å². The van der Waals surface area contributed by atoms with Gasteiger partial charge in [-0.1, -0.05) is 39.3 Å². The first kappa shape index (κ1) is 12.6. The predicted octanol–water partition coefficient (Wildman–Crippen LogP) is 4.03. The molecule has 0 aliphatic heterocycles. The van der Waals surface area contributed by atoms with Gasteiger partial charge >= 0.3 is 0 Å². The molecule has 0 saturated carbocycles. The molecule has 0 aliphatic carbocycles. The van der Waals surface area contributed by atoms with Crippen molar-refractivity contribution in [1.82, 2.24) is 0 Å². The third-order valence-corrected chi connectivity index (χ3v) is 2.98. The van der Waals surface area contributed by atoms with E-state index in [-0.39, 0.29) is 10.5 Å². The highest BCUT2D eigenvalue weighted by Gasteiger charge is 2.25. The molecule has 0 aromatic heterocycles. The quantitative estimate of drug-likeness (QED) is 0.516. The first-order valence-electron chi connectivity index (χ1n) is 4.95. The molecule has 0 spiro atoms. The number of aliphatic hydroxyl groups excluding tert-OH is 1. The SMILES string of the molecule is CCCC=CCC(C)(CC)C(O)=S. The van der Waals surface area contributed by atoms with Crippen LogP contribution in [-0.2, 0) is 0 Å². The lowest BCUT2D eigenvalue weighted by molar-refractivity contribution is 0.375. The Labute approximate surface area is 86.9 Å². The van der Waals surface area contributed by atoms with Crippen molar-refractivity contribution in [3.05, 3.63) is 12.2 Å². The van der Waals surface area contributed by atoms with Gasteiger partial charge in [-0.2, -0.15) is 0 Å². The van der Waals surface area contributed by atoms with E-state index in [1.54, 1.807) is 0 Å². The number of thiocarbonyl (C=S) groups is 1. The Bertz CT molecular complexity index is 187. The van der Waals surface area contributed by atoms with Gasteiger partial charge in [0.1, 0.15) is 0 Å². The molecule has 1 N–H and O–H groups in total. The molecule has 0 bridgehead atoms. The molecule has 0 saturated heterocycles. The smallest absolute Gasteiger partial charge is 0.162 e. The van der Waals surface area contributed by atoms with Crippen LogP contribution in [0.4, 0.5) is 0 Å². The Morgan fingerprint density at radius 2 is 2.00 bits per heavy atom. The average molecular weight is 200 g/mol. The molecule has 1 atom stereocenters. The molecule has 0 radical (unpaired) electrons. The summed E-state index contributed by atoms with van der Waals surface area (Å²) < 4.78 is 0. The fourth-order valence-electron chi connectivity index (χ4n) is 1.01. The van der Waals surface area contributed by atoms with Gasteiger partial charge in [-0.3, -0.25) is 0 Å². The molecule has 2 heteroatoms. The van der Waals surface area contributed by atoms with Crippen molar-refractivity contribution in [2.45, 2.75) is 46.5 Å². The maximum Gasteiger partial charge on any atom is 0.162 e. The fraction of sp³-hybridized carbons (Fsp3) is 0.727. The Morgan fingerprint density at radius 1 is 1.38 bits per heavy atom. The molecular weight excluding hydrogens is 180 g/mol. The summed E-state index contributed by atoms with van der Waals surface area (Å²) in [7, 11) is 0. The lowest BCUT2D eigenvalue weighted by Gasteiger charge is -2.23. The summed E-state index contributed by atoms with van der Waals surface area (Å²) in [5.41, 5.74) is -0.209. The first-order valence-corrected chi connectivity index (χ1v) is 5.36. The number of hydrogen-bond acceptors (Lipinski definition) is 1. The summed E-state index contributed by atoms with van der Waals surface area (Å²) in [5.74, 6) is 0. The molecule has 1 unspecified atom stereocenters. The van der Waals surface area contributed by atoms with Crippen LogP contribution in [0, 0.1) is 5.41 Å². The van der Waals surface area contributed by atoms with Crippen LogP contribution in [0.3, 0.4) is 0 Å². The first-order chi connectivity index (χ1) is 6.06. The van der Waals surface area contributed by atoms with Crippen LogP contribution in [0.15, 0.2) is 12.2 Å². The van der Waals surface area contributed by atoms with Gasteiger partial charge in [0.05, 0.1) is 0 Å². The Morgan fingerprint density at radius 3 is 2.38 bits per heavy atom. The van der Waals surface area contributed by atoms with Crippen molar-refractivity contribution in [2.24, 2.45) is 5.41 Å². The Kier molecular flexibility index (Phi) is 5.97. The maximum atomic E-state index is 9.33. The molecule has 0 fully saturated rings. The number of unbranched alkanes of at least 4 members (excludes halogenated alkanes) is 1. The van der Waals surface area contributed by atoms with Crippen LogP contribution in [0.2, 0.25) is 0 Å². The zero-order valence-corrected chi connectivity index (χ0v) is 9.66. The molecule has 0 rings (SSSR count). The maximum absolute atomic E-state index is 9.33. The second-order valence-electron chi connectivity index (χ2n) is 3.68. The second-order valence-corrected chi connectivity index (χ2v) is 4.07. The van der Waals surface area contributed by atoms with E-state index in [9.17, 15) is 5.11 Å². The predicted molar refractivity (Wildman–Crippen MR) is 62.3 cm³/mol. The minimum Gasteiger partial charge on any atom is -0.502 e. The van der Waals surface area contributed by atoms with Crippen LogP contribution in [-0.4, -0.2) is 10.2 Å². The fourth-order valence-corrected chi connectivity index (χ4v) is 1.24. The van der Waals surface area contributed by atoms with Gasteiger partial charge in [-0.25, -0.2) is 0 Å². The van der Waals surface area contributed by atoms with Crippen molar-refractivity contribution in [1.29, 1.82) is 0 Å². The van der Waals surface area contributed by atoms with E-state index >= 15 is 0 Å². The van der Waals surface area contributed by atoms with Gasteiger partial charge in [-0.15, -0.1) is 0 Å². The van der Waals surface area contributed by atoms with Crippen molar-refractivity contribution in [3.63, 3.8) is 0 Å². The summed E-state index contributed by atoms with van der Waals surface area (Å²) in [5, 5.41) is 9.46. The average Bonchev–Trinajstić information content (AvgIpc) is 2.12. The lowest BCUT2D eigenvalue weighted by Crippen LogP contribution is -2.24. The van der Waals surface area contributed by atoms with E-state index < -0.39 is 0 Å². The summed E-state index contributed by atoms with van der Waals surface area (Å²) >= 11 is 4.83. The van der Waals surface area contributed by atoms with E-state index in [0.717, 1.165) is 19.3 Å². The van der Waals surface area contributed by atoms with E-state index in [2.05, 4.69) is 26.0 Å². The van der Waals surface area contributed by atoms with Gasteiger partial charge in [-0.05, 0) is 31.5 Å². The molecule has 0 amide bonds. The summed E-state index contributed by atoms with van der Waals surface area (Å²) in [6.07, 6.45) is 8.29. The van der Waals surface area contributed by atoms with Gasteiger partial charge in [0.15, 0.2) is 5.05 Å². The molecular formula is C11H20OS. The van der Waals surface area contributed by atoms with Gasteiger partial charge in [0.25, 0.3) is 0 Å². The Balaban J connectivity index is 4.05. The molecule has 13 heavy (non-hydrogen) atoms. The number of hydrogen-bond donors (Lipinski definition) is 1. The third-order valence-electron chi connectivity index (χ3n) is 2.49. The van der Waals surface area contributed by atoms with Crippen LogP contribution in [0.25, 0.3) is 0 Å². The highest BCUT2D eigenvalue weighted by molar-refractivity contribution is 7.80. The largest absolute Gasteiger partial charge is 0.502 e. The highest BCUT2D eigenvalue weighted by Crippen LogP contribution is 2.27. The van der Waals surface area contributed by atoms with Gasteiger partial charge in [0, 0.05) is 5.41 Å². The van der Waals surface area contributed by atoms with Crippen molar-refractivity contribution < 1.29 is 5.11 Å². The standard InChI is InChI=1S/C11H20OS/c1-4-6-7-8-9-11(3,5-2)10(12)13/h7-8H,4-6,9H2,1-3H3,(H,12,13). The van der Waals surface area contributed by atoms with E-state index in [1.165, 1.54) is 6.42 Å². The van der Waals surface area contributed by atoms with Crippen LogP contribution < -0.4 is 0 Å². The molecule has 0 aromatic carbocycles. The van der Waals surface area contributed by atoms with Crippen LogP contribution >= 0.6 is 12.2 Å². The van der Waals surface area contributed by atoms with Crippen LogP contribution in [0.1, 0.15) is 46.5 Å². The molecule has 0 aliphatic rings. The molecule has 0 aromatic rings. The normalized spacial score (nSPS) is 15.9. The minimum atomic E-state index is -0.209. The van der Waals surface area contributed by atoms with E-state index in [0.29, 0.717) is 0 Å². The van der Waals surface area contributed by atoms with Gasteiger partial charge < -0.3 is 5.11 Å². The second kappa shape index (κ2) is 6.14. The monoisotopic (exact) mass is 200 g/mol. The van der Waals surface area contributed by atoms with E-state index in [1.807, 2.05) is 6.92 Å². The summed E-state index contributed by atoms with van der Waals surface area (Å²) in [4.78, 5) is 0. The summed E-state index contributed by atoms with van der Waals surface area (Å²) in [6, 6.07) is 0. The van der Waals surface area contributed by atoms with E-state index in [4.69, 9.17) is 12.2 Å². The van der Waals surface area contributed by atoms with Crippen LogP contribution in [0.5, 0.6) is 0 Å². The topological polar surface area (TPSA) is 20.2 Å². The number of aliphatic hydroxyl groups is 1. The summed E-state index contributed by atoms with van der Waals surface area (Å²) in [6.45, 7) is 6.21. The Hall–Kier alpha value is -0.370. The van der Waals surface area contributed by atoms with Crippen molar-refractivity contribution in [2.75, 3.05) is 0 Å². The molecule has 1 nitrogen and oxygen atoms in total. The zero-order chi connectivity index (χ0) is 10.3. The third kappa shape index (κ3) is 4.41. The highest BCUT2D eigenvalue weighted by atomic mass is 32.1. The molecule has 76 valence electrons. The molecule has 0 heterocycles. The zero-order valence-electron chi connectivity index (χ0n) is 8.84. The minimum absolute atomic E-state index is 0.135. The number of allylic oxidation sites excluding steroid dienone is 2.